The van der Waals surface area contributed by atoms with Gasteiger partial charge in [-0.3, -0.25) is 0 Å². The van der Waals surface area contributed by atoms with Crippen molar-refractivity contribution in [1.29, 1.82) is 0 Å². The molecule has 1 aliphatic carbocycles. The van der Waals surface area contributed by atoms with Crippen LogP contribution in [-0.4, -0.2) is 0 Å². The van der Waals surface area contributed by atoms with Crippen LogP contribution in [0, 0.1) is 5.82 Å². The van der Waals surface area contributed by atoms with Crippen molar-refractivity contribution < 1.29 is 4.39 Å². The monoisotopic (exact) mass is 282 g/mol. The molecule has 0 spiro atoms. The van der Waals surface area contributed by atoms with Gasteiger partial charge in [-0.05, 0) is 65.6 Å². The molecule has 3 rings (SSSR count). The highest BCUT2D eigenvalue weighted by Gasteiger charge is 2.16. The van der Waals surface area contributed by atoms with Crippen LogP contribution in [0.25, 0.3) is 11.1 Å². The molecule has 0 aromatic heterocycles. The molecule has 0 aliphatic heterocycles. The fraction of sp³-hybridized carbons (Fsp3) is 0.400. The van der Waals surface area contributed by atoms with Gasteiger partial charge in [0.25, 0.3) is 0 Å². The maximum Gasteiger partial charge on any atom is 0.123 e. The quantitative estimate of drug-likeness (QED) is 0.616. The number of rotatable bonds is 5. The second-order valence-electron chi connectivity index (χ2n) is 6.10. The van der Waals surface area contributed by atoms with Crippen LogP contribution >= 0.6 is 0 Å². The Balaban J connectivity index is 1.80. The predicted octanol–water partition coefficient (Wildman–Crippen LogP) is 5.71. The third kappa shape index (κ3) is 3.18. The molecule has 1 aliphatic rings. The fourth-order valence-electron chi connectivity index (χ4n) is 3.33. The summed E-state index contributed by atoms with van der Waals surface area (Å²) in [5, 5.41) is 0. The van der Waals surface area contributed by atoms with Crippen molar-refractivity contribution in [2.24, 2.45) is 0 Å². The van der Waals surface area contributed by atoms with E-state index < -0.39 is 0 Å². The molecule has 2 aromatic carbocycles. The van der Waals surface area contributed by atoms with Crippen LogP contribution in [0.1, 0.15) is 49.3 Å². The van der Waals surface area contributed by atoms with Gasteiger partial charge in [0.1, 0.15) is 5.82 Å². The number of hydrogen-bond acceptors (Lipinski definition) is 0. The zero-order valence-corrected chi connectivity index (χ0v) is 12.8. The molecular formula is C20H23F. The molecule has 2 aromatic rings. The van der Waals surface area contributed by atoms with Crippen molar-refractivity contribution in [2.45, 2.75) is 51.9 Å². The molecule has 0 unspecified atom stereocenters. The number of fused-ring (bicyclic) bond motifs is 3. The lowest BCUT2D eigenvalue weighted by Crippen LogP contribution is -2.05. The second kappa shape index (κ2) is 6.43. The van der Waals surface area contributed by atoms with Gasteiger partial charge in [-0.15, -0.1) is 0 Å². The Morgan fingerprint density at radius 3 is 2.33 bits per heavy atom. The van der Waals surface area contributed by atoms with Crippen LogP contribution in [0.2, 0.25) is 0 Å². The van der Waals surface area contributed by atoms with Crippen molar-refractivity contribution in [1.82, 2.24) is 0 Å². The van der Waals surface area contributed by atoms with E-state index in [0.29, 0.717) is 0 Å². The Morgan fingerprint density at radius 1 is 0.857 bits per heavy atom. The van der Waals surface area contributed by atoms with Crippen molar-refractivity contribution in [3.63, 3.8) is 0 Å². The van der Waals surface area contributed by atoms with Crippen molar-refractivity contribution in [3.05, 3.63) is 58.9 Å². The minimum atomic E-state index is -0.121. The topological polar surface area (TPSA) is 0 Å². The lowest BCUT2D eigenvalue weighted by molar-refractivity contribution is 0.625. The average Bonchev–Trinajstić information content (AvgIpc) is 2.51. The number of hydrogen-bond donors (Lipinski definition) is 0. The van der Waals surface area contributed by atoms with Crippen LogP contribution in [-0.2, 0) is 19.3 Å². The summed E-state index contributed by atoms with van der Waals surface area (Å²) in [6.45, 7) is 2.25. The zero-order chi connectivity index (χ0) is 14.7. The molecule has 110 valence electrons. The molecule has 0 atom stereocenters. The van der Waals surface area contributed by atoms with Crippen molar-refractivity contribution in [2.75, 3.05) is 0 Å². The lowest BCUT2D eigenvalue weighted by Gasteiger charge is -2.20. The van der Waals surface area contributed by atoms with Gasteiger partial charge >= 0.3 is 0 Å². The Bertz CT molecular complexity index is 628. The Kier molecular flexibility index (Phi) is 4.38. The number of halogens is 1. The highest BCUT2D eigenvalue weighted by atomic mass is 19.1. The third-order valence-corrected chi connectivity index (χ3v) is 4.51. The Labute approximate surface area is 127 Å². The molecule has 0 bridgehead atoms. The highest BCUT2D eigenvalue weighted by molar-refractivity contribution is 5.73. The first kappa shape index (κ1) is 14.3. The molecule has 21 heavy (non-hydrogen) atoms. The Hall–Kier alpha value is -1.63. The molecule has 0 heterocycles. The van der Waals surface area contributed by atoms with E-state index in [0.717, 1.165) is 18.4 Å². The minimum Gasteiger partial charge on any atom is -0.207 e. The molecule has 1 heteroatoms. The van der Waals surface area contributed by atoms with Crippen molar-refractivity contribution in [3.8, 4) is 11.1 Å². The van der Waals surface area contributed by atoms with Gasteiger partial charge in [-0.2, -0.15) is 0 Å². The molecule has 0 radical (unpaired) electrons. The van der Waals surface area contributed by atoms with Gasteiger partial charge in [-0.1, -0.05) is 50.5 Å². The minimum absolute atomic E-state index is 0.121. The fourth-order valence-corrected chi connectivity index (χ4v) is 3.33. The zero-order valence-electron chi connectivity index (χ0n) is 12.8. The van der Waals surface area contributed by atoms with Crippen LogP contribution < -0.4 is 0 Å². The summed E-state index contributed by atoms with van der Waals surface area (Å²) in [4.78, 5) is 0. The second-order valence-corrected chi connectivity index (χ2v) is 6.10. The summed E-state index contributed by atoms with van der Waals surface area (Å²) in [5.41, 5.74) is 6.56. The summed E-state index contributed by atoms with van der Waals surface area (Å²) in [6, 6.07) is 12.1. The van der Waals surface area contributed by atoms with Gasteiger partial charge < -0.3 is 0 Å². The lowest BCUT2D eigenvalue weighted by atomic mass is 9.84. The van der Waals surface area contributed by atoms with Gasteiger partial charge in [0, 0.05) is 0 Å². The molecule has 0 amide bonds. The van der Waals surface area contributed by atoms with Crippen LogP contribution in [0.5, 0.6) is 0 Å². The molecule has 0 fully saturated rings. The van der Waals surface area contributed by atoms with Crippen LogP contribution in [0.15, 0.2) is 36.4 Å². The normalized spacial score (nSPS) is 12.9. The van der Waals surface area contributed by atoms with Gasteiger partial charge in [0.05, 0.1) is 0 Å². The average molecular weight is 282 g/mol. The summed E-state index contributed by atoms with van der Waals surface area (Å²) in [7, 11) is 0. The van der Waals surface area contributed by atoms with E-state index in [4.69, 9.17) is 0 Å². The number of aryl methyl sites for hydroxylation is 3. The summed E-state index contributed by atoms with van der Waals surface area (Å²) < 4.78 is 13.3. The summed E-state index contributed by atoms with van der Waals surface area (Å²) in [5.74, 6) is -0.121. The van der Waals surface area contributed by atoms with E-state index in [1.54, 1.807) is 12.1 Å². The molecular weight excluding hydrogens is 259 g/mol. The molecule has 0 saturated heterocycles. The van der Waals surface area contributed by atoms with Gasteiger partial charge in [-0.25, -0.2) is 4.39 Å². The SMILES string of the molecule is CCCCCCc1ccc2c(c1)CCc1cc(F)ccc1-2. The van der Waals surface area contributed by atoms with E-state index in [9.17, 15) is 4.39 Å². The Morgan fingerprint density at radius 2 is 1.57 bits per heavy atom. The van der Waals surface area contributed by atoms with Gasteiger partial charge in [0.15, 0.2) is 0 Å². The van der Waals surface area contributed by atoms with E-state index in [1.165, 1.54) is 54.4 Å². The van der Waals surface area contributed by atoms with E-state index in [-0.39, 0.29) is 5.82 Å². The van der Waals surface area contributed by atoms with Crippen molar-refractivity contribution >= 4 is 0 Å². The van der Waals surface area contributed by atoms with E-state index in [1.807, 2.05) is 6.07 Å². The predicted molar refractivity (Wildman–Crippen MR) is 87.1 cm³/mol. The largest absolute Gasteiger partial charge is 0.207 e. The van der Waals surface area contributed by atoms with E-state index in [2.05, 4.69) is 25.1 Å². The number of unbranched alkanes of at least 4 members (excludes halogenated alkanes) is 3. The van der Waals surface area contributed by atoms with Crippen LogP contribution in [0.3, 0.4) is 0 Å². The van der Waals surface area contributed by atoms with Crippen LogP contribution in [0.4, 0.5) is 4.39 Å². The third-order valence-electron chi connectivity index (χ3n) is 4.51. The number of benzene rings is 2. The smallest absolute Gasteiger partial charge is 0.123 e. The first-order valence-corrected chi connectivity index (χ1v) is 8.18. The van der Waals surface area contributed by atoms with E-state index >= 15 is 0 Å². The maximum atomic E-state index is 13.3. The first-order chi connectivity index (χ1) is 10.3. The van der Waals surface area contributed by atoms with Gasteiger partial charge in [0.2, 0.25) is 0 Å². The molecule has 0 nitrogen and oxygen atoms in total. The first-order valence-electron chi connectivity index (χ1n) is 8.18. The summed E-state index contributed by atoms with van der Waals surface area (Å²) in [6.07, 6.45) is 8.42. The summed E-state index contributed by atoms with van der Waals surface area (Å²) >= 11 is 0. The molecule has 0 saturated carbocycles. The standard InChI is InChI=1S/C20H23F/c1-2-3-4-5-6-15-7-11-19-16(13-15)8-9-17-14-18(21)10-12-20(17)19/h7,10-14H,2-6,8-9H2,1H3. The maximum absolute atomic E-state index is 13.3. The molecule has 0 N–H and O–H groups in total. The highest BCUT2D eigenvalue weighted by Crippen LogP contribution is 2.34.